The number of carbonyl (C=O) groups excluding carboxylic acids is 1. The number of hydrogen-bond donors (Lipinski definition) is 1. The van der Waals surface area contributed by atoms with Crippen molar-refractivity contribution in [1.29, 1.82) is 0 Å². The Hall–Kier alpha value is -1.46. The van der Waals surface area contributed by atoms with Crippen molar-refractivity contribution in [3.05, 3.63) is 35.6 Å². The highest BCUT2D eigenvalue weighted by molar-refractivity contribution is 5.75. The number of hydroxylamine groups is 2. The van der Waals surface area contributed by atoms with Gasteiger partial charge in [0.15, 0.2) is 0 Å². The van der Waals surface area contributed by atoms with E-state index in [-0.39, 0.29) is 17.2 Å². The summed E-state index contributed by atoms with van der Waals surface area (Å²) >= 11 is 0. The number of hydrogen-bond acceptors (Lipinski definition) is 4. The van der Waals surface area contributed by atoms with Gasteiger partial charge in [0.05, 0.1) is 5.41 Å². The van der Waals surface area contributed by atoms with E-state index in [2.05, 4.69) is 0 Å². The van der Waals surface area contributed by atoms with E-state index < -0.39 is 5.41 Å². The maximum absolute atomic E-state index is 14.1. The van der Waals surface area contributed by atoms with Crippen LogP contribution in [-0.2, 0) is 15.0 Å². The smallest absolute Gasteiger partial charge is 0.330 e. The molecule has 122 valence electrons. The number of benzene rings is 1. The molecule has 22 heavy (non-hydrogen) atoms. The highest BCUT2D eigenvalue weighted by Crippen LogP contribution is 2.36. The zero-order valence-electron chi connectivity index (χ0n) is 13.6. The fraction of sp³-hybridized carbons (Fsp3) is 0.588. The molecule has 0 atom stereocenters. The molecule has 0 bridgehead atoms. The van der Waals surface area contributed by atoms with E-state index in [1.165, 1.54) is 6.07 Å². The van der Waals surface area contributed by atoms with Gasteiger partial charge in [-0.25, -0.2) is 9.18 Å². The molecule has 1 fully saturated rings. The van der Waals surface area contributed by atoms with E-state index in [1.807, 2.05) is 26.8 Å². The molecule has 1 aliphatic heterocycles. The van der Waals surface area contributed by atoms with Crippen molar-refractivity contribution in [1.82, 2.24) is 5.06 Å². The summed E-state index contributed by atoms with van der Waals surface area (Å²) in [7, 11) is 0. The molecule has 1 heterocycles. The Kier molecular flexibility index (Phi) is 4.87. The first-order chi connectivity index (χ1) is 10.3. The molecule has 0 saturated carbocycles. The van der Waals surface area contributed by atoms with E-state index >= 15 is 0 Å². The second-order valence-electron chi connectivity index (χ2n) is 7.02. The van der Waals surface area contributed by atoms with Gasteiger partial charge in [-0.3, -0.25) is 0 Å². The lowest BCUT2D eigenvalue weighted by molar-refractivity contribution is -0.206. The summed E-state index contributed by atoms with van der Waals surface area (Å²) in [5.74, 6) is -0.466. The molecule has 0 aromatic heterocycles. The summed E-state index contributed by atoms with van der Waals surface area (Å²) in [6.45, 7) is 6.98. The fourth-order valence-corrected chi connectivity index (χ4v) is 2.73. The highest BCUT2D eigenvalue weighted by atomic mass is 19.1. The summed E-state index contributed by atoms with van der Waals surface area (Å²) in [6.07, 6.45) is 1.34. The van der Waals surface area contributed by atoms with Gasteiger partial charge in [0, 0.05) is 25.0 Å². The van der Waals surface area contributed by atoms with Crippen molar-refractivity contribution in [3.63, 3.8) is 0 Å². The van der Waals surface area contributed by atoms with Crippen LogP contribution in [0.15, 0.2) is 24.3 Å². The molecular weight excluding hydrogens is 283 g/mol. The Morgan fingerprint density at radius 1 is 1.32 bits per heavy atom. The Bertz CT molecular complexity index is 532. The monoisotopic (exact) mass is 308 g/mol. The van der Waals surface area contributed by atoms with Crippen LogP contribution in [0, 0.1) is 11.2 Å². The van der Waals surface area contributed by atoms with Gasteiger partial charge in [-0.05, 0) is 45.2 Å². The Balaban J connectivity index is 2.06. The summed E-state index contributed by atoms with van der Waals surface area (Å²) in [5, 5.41) is 1.67. The molecule has 0 aliphatic carbocycles. The van der Waals surface area contributed by atoms with Crippen LogP contribution in [0.2, 0.25) is 0 Å². The van der Waals surface area contributed by atoms with E-state index in [0.717, 1.165) is 0 Å². The number of rotatable bonds is 3. The molecular formula is C17H25FN2O2. The first-order valence-electron chi connectivity index (χ1n) is 7.71. The van der Waals surface area contributed by atoms with Crippen LogP contribution in [0.4, 0.5) is 4.39 Å². The number of carbonyl (C=O) groups is 1. The van der Waals surface area contributed by atoms with Crippen molar-refractivity contribution in [2.45, 2.75) is 39.0 Å². The second kappa shape index (κ2) is 6.34. The van der Waals surface area contributed by atoms with Crippen LogP contribution in [0.5, 0.6) is 0 Å². The average Bonchev–Trinajstić information content (AvgIpc) is 2.48. The zero-order valence-corrected chi connectivity index (χ0v) is 13.6. The zero-order chi connectivity index (χ0) is 16.4. The van der Waals surface area contributed by atoms with Crippen molar-refractivity contribution < 1.29 is 14.0 Å². The largest absolute Gasteiger partial charge is 0.367 e. The summed E-state index contributed by atoms with van der Waals surface area (Å²) in [4.78, 5) is 17.4. The summed E-state index contributed by atoms with van der Waals surface area (Å²) in [6, 6.07) is 6.79. The molecule has 4 nitrogen and oxygen atoms in total. The maximum atomic E-state index is 14.1. The minimum Gasteiger partial charge on any atom is -0.367 e. The van der Waals surface area contributed by atoms with Crippen molar-refractivity contribution in [3.8, 4) is 0 Å². The standard InChI is InChI=1S/C17H25FN2O2/c1-16(2,3)15(21)22-20-10-8-17(12-19,9-11-20)13-6-4-5-7-14(13)18/h4-7H,8-12,19H2,1-3H3. The molecule has 1 aromatic carbocycles. The fourth-order valence-electron chi connectivity index (χ4n) is 2.73. The summed E-state index contributed by atoms with van der Waals surface area (Å²) < 4.78 is 14.1. The lowest BCUT2D eigenvalue weighted by Crippen LogP contribution is -2.48. The topological polar surface area (TPSA) is 55.6 Å². The minimum atomic E-state index is -0.534. The van der Waals surface area contributed by atoms with Gasteiger partial charge in [-0.2, -0.15) is 0 Å². The Morgan fingerprint density at radius 2 is 1.91 bits per heavy atom. The lowest BCUT2D eigenvalue weighted by Gasteiger charge is -2.41. The van der Waals surface area contributed by atoms with Gasteiger partial charge >= 0.3 is 5.97 Å². The molecule has 1 aliphatic rings. The number of nitrogens with two attached hydrogens (primary N) is 1. The third-order valence-corrected chi connectivity index (χ3v) is 4.34. The van der Waals surface area contributed by atoms with Crippen LogP contribution in [0.1, 0.15) is 39.2 Å². The van der Waals surface area contributed by atoms with Gasteiger partial charge in [-0.15, -0.1) is 5.06 Å². The van der Waals surface area contributed by atoms with Crippen LogP contribution in [0.25, 0.3) is 0 Å². The van der Waals surface area contributed by atoms with E-state index in [9.17, 15) is 9.18 Å². The van der Waals surface area contributed by atoms with Crippen LogP contribution >= 0.6 is 0 Å². The second-order valence-corrected chi connectivity index (χ2v) is 7.02. The normalized spacial score (nSPS) is 19.0. The number of nitrogens with zero attached hydrogens (tertiary/aromatic N) is 1. The predicted molar refractivity (Wildman–Crippen MR) is 83.5 cm³/mol. The van der Waals surface area contributed by atoms with E-state index in [1.54, 1.807) is 17.2 Å². The first kappa shape index (κ1) is 16.9. The Morgan fingerprint density at radius 3 is 2.41 bits per heavy atom. The number of halogens is 1. The molecule has 1 saturated heterocycles. The lowest BCUT2D eigenvalue weighted by atomic mass is 9.73. The van der Waals surface area contributed by atoms with Gasteiger partial charge in [0.2, 0.25) is 0 Å². The molecule has 0 radical (unpaired) electrons. The van der Waals surface area contributed by atoms with Crippen molar-refractivity contribution in [2.75, 3.05) is 19.6 Å². The molecule has 0 unspecified atom stereocenters. The SMILES string of the molecule is CC(C)(C)C(=O)ON1CCC(CN)(c2ccccc2F)CC1. The third-order valence-electron chi connectivity index (χ3n) is 4.34. The van der Waals surface area contributed by atoms with E-state index in [0.29, 0.717) is 38.0 Å². The van der Waals surface area contributed by atoms with Gasteiger partial charge in [0.1, 0.15) is 5.82 Å². The quantitative estimate of drug-likeness (QED) is 0.932. The predicted octanol–water partition coefficient (Wildman–Crippen LogP) is 2.62. The van der Waals surface area contributed by atoms with Gasteiger partial charge in [0.25, 0.3) is 0 Å². The first-order valence-corrected chi connectivity index (χ1v) is 7.71. The molecule has 0 spiro atoms. The molecule has 5 heteroatoms. The molecule has 2 rings (SSSR count). The Labute approximate surface area is 131 Å². The highest BCUT2D eigenvalue weighted by Gasteiger charge is 2.38. The van der Waals surface area contributed by atoms with Crippen LogP contribution < -0.4 is 5.73 Å². The molecule has 2 N–H and O–H groups in total. The van der Waals surface area contributed by atoms with Gasteiger partial charge < -0.3 is 10.6 Å². The van der Waals surface area contributed by atoms with Gasteiger partial charge in [-0.1, -0.05) is 18.2 Å². The summed E-state index contributed by atoms with van der Waals surface area (Å²) in [5.41, 5.74) is 5.72. The third kappa shape index (κ3) is 3.47. The van der Waals surface area contributed by atoms with Crippen LogP contribution in [-0.4, -0.2) is 30.7 Å². The van der Waals surface area contributed by atoms with E-state index in [4.69, 9.17) is 10.6 Å². The minimum absolute atomic E-state index is 0.215. The maximum Gasteiger partial charge on any atom is 0.330 e. The van der Waals surface area contributed by atoms with Crippen molar-refractivity contribution >= 4 is 5.97 Å². The number of piperidine rings is 1. The van der Waals surface area contributed by atoms with Crippen molar-refractivity contribution in [2.24, 2.45) is 11.1 Å². The average molecular weight is 308 g/mol. The van der Waals surface area contributed by atoms with Crippen LogP contribution in [0.3, 0.4) is 0 Å². The molecule has 1 aromatic rings. The molecule has 0 amide bonds.